The largest absolute Gasteiger partial charge is 0.494 e. The Kier molecular flexibility index (Phi) is 4.81. The lowest BCUT2D eigenvalue weighted by molar-refractivity contribution is -0.883. The van der Waals surface area contributed by atoms with Crippen molar-refractivity contribution in [1.82, 2.24) is 4.31 Å². The van der Waals surface area contributed by atoms with Gasteiger partial charge in [0.1, 0.15) is 9.92 Å². The highest BCUT2D eigenvalue weighted by Gasteiger charge is 2.32. The van der Waals surface area contributed by atoms with Gasteiger partial charge in [-0.15, -0.1) is 0 Å². The minimum Gasteiger partial charge on any atom is -0.494 e. The Hall–Kier alpha value is -0.530. The Morgan fingerprint density at radius 1 is 1.25 bits per heavy atom. The predicted molar refractivity (Wildman–Crippen MR) is 78.4 cm³/mol. The van der Waals surface area contributed by atoms with Crippen LogP contribution in [0.5, 0.6) is 5.75 Å². The molecule has 0 spiro atoms. The molecule has 1 aromatic rings. The number of benzene rings is 1. The highest BCUT2D eigenvalue weighted by atomic mass is 35.5. The monoisotopic (exact) mass is 339 g/mol. The van der Waals surface area contributed by atoms with E-state index in [-0.39, 0.29) is 20.7 Å². The second-order valence-electron chi connectivity index (χ2n) is 4.75. The van der Waals surface area contributed by atoms with Crippen LogP contribution < -0.4 is 9.64 Å². The zero-order valence-corrected chi connectivity index (χ0v) is 13.6. The fraction of sp³-hybridized carbons (Fsp3) is 0.500. The molecule has 0 aromatic heterocycles. The topological polar surface area (TPSA) is 51.1 Å². The van der Waals surface area contributed by atoms with E-state index >= 15 is 0 Å². The molecule has 5 nitrogen and oxygen atoms in total. The number of rotatable bonds is 3. The number of nitrogens with zero attached hydrogens (tertiary/aromatic N) is 1. The lowest BCUT2D eigenvalue weighted by Crippen LogP contribution is -3.12. The number of methoxy groups -OCH3 is 1. The summed E-state index contributed by atoms with van der Waals surface area (Å²) in [4.78, 5) is 1.38. The fourth-order valence-electron chi connectivity index (χ4n) is 2.16. The van der Waals surface area contributed by atoms with E-state index in [1.165, 1.54) is 28.4 Å². The standard InChI is InChI=1S/C12H16Cl2N2O3S/c1-15-5-7-16(8-6-15)20(17,18)10-4-3-9(13)11(14)12(10)19-2/h3-4H,5-8H2,1-2H3/p+1. The molecule has 1 aliphatic rings. The number of ether oxygens (including phenoxy) is 1. The minimum absolute atomic E-state index is 0.0638. The van der Waals surface area contributed by atoms with Crippen molar-refractivity contribution in [1.29, 1.82) is 0 Å². The zero-order valence-electron chi connectivity index (χ0n) is 11.3. The summed E-state index contributed by atoms with van der Waals surface area (Å²) < 4.78 is 31.9. The van der Waals surface area contributed by atoms with Crippen LogP contribution in [0.3, 0.4) is 0 Å². The summed E-state index contributed by atoms with van der Waals surface area (Å²) in [6, 6.07) is 2.91. The van der Waals surface area contributed by atoms with E-state index in [0.29, 0.717) is 13.1 Å². The second-order valence-corrected chi connectivity index (χ2v) is 7.45. The maximum Gasteiger partial charge on any atom is 0.247 e. The Morgan fingerprint density at radius 2 is 1.85 bits per heavy atom. The SMILES string of the molecule is COc1c(S(=O)(=O)N2CC[NH+](C)CC2)ccc(Cl)c1Cl. The first kappa shape index (κ1) is 15.9. The summed E-state index contributed by atoms with van der Waals surface area (Å²) in [7, 11) is -0.191. The van der Waals surface area contributed by atoms with E-state index in [2.05, 4.69) is 0 Å². The van der Waals surface area contributed by atoms with Gasteiger partial charge in [-0.25, -0.2) is 8.42 Å². The molecular weight excluding hydrogens is 323 g/mol. The smallest absolute Gasteiger partial charge is 0.247 e. The van der Waals surface area contributed by atoms with E-state index in [1.54, 1.807) is 0 Å². The van der Waals surface area contributed by atoms with Gasteiger partial charge in [0.2, 0.25) is 10.0 Å². The van der Waals surface area contributed by atoms with Crippen LogP contribution in [0.4, 0.5) is 0 Å². The van der Waals surface area contributed by atoms with Crippen molar-refractivity contribution in [2.24, 2.45) is 0 Å². The Bertz CT molecular complexity index is 599. The van der Waals surface area contributed by atoms with E-state index in [9.17, 15) is 8.42 Å². The van der Waals surface area contributed by atoms with Crippen LogP contribution in [0.25, 0.3) is 0 Å². The second kappa shape index (κ2) is 6.07. The van der Waals surface area contributed by atoms with E-state index in [0.717, 1.165) is 13.1 Å². The Balaban J connectivity index is 2.42. The van der Waals surface area contributed by atoms with Gasteiger partial charge in [-0.3, -0.25) is 0 Å². The number of sulfonamides is 1. The van der Waals surface area contributed by atoms with Gasteiger partial charge in [-0.1, -0.05) is 23.2 Å². The summed E-state index contributed by atoms with van der Waals surface area (Å²) in [5.41, 5.74) is 0. The first-order chi connectivity index (χ1) is 9.37. The molecule has 0 aliphatic carbocycles. The molecular formula is C12H17Cl2N2O3S+. The zero-order chi connectivity index (χ0) is 14.9. The van der Waals surface area contributed by atoms with Crippen molar-refractivity contribution >= 4 is 33.2 Å². The average molecular weight is 340 g/mol. The van der Waals surface area contributed by atoms with Crippen LogP contribution in [-0.2, 0) is 10.0 Å². The highest BCUT2D eigenvalue weighted by molar-refractivity contribution is 7.89. The minimum atomic E-state index is -3.62. The maximum atomic E-state index is 12.7. The normalized spacial score (nSPS) is 18.2. The molecule has 1 aromatic carbocycles. The van der Waals surface area contributed by atoms with Crippen molar-refractivity contribution < 1.29 is 18.1 Å². The quantitative estimate of drug-likeness (QED) is 0.873. The van der Waals surface area contributed by atoms with Crippen molar-refractivity contribution in [2.45, 2.75) is 4.90 Å². The van der Waals surface area contributed by atoms with Gasteiger partial charge >= 0.3 is 0 Å². The first-order valence-corrected chi connectivity index (χ1v) is 8.41. The lowest BCUT2D eigenvalue weighted by atomic mass is 10.3. The van der Waals surface area contributed by atoms with Crippen LogP contribution in [0.2, 0.25) is 10.0 Å². The molecule has 2 rings (SSSR count). The summed E-state index contributed by atoms with van der Waals surface area (Å²) >= 11 is 11.9. The van der Waals surface area contributed by atoms with Crippen molar-refractivity contribution in [3.8, 4) is 5.75 Å². The number of halogens is 2. The molecule has 1 N–H and O–H groups in total. The van der Waals surface area contributed by atoms with Gasteiger partial charge in [-0.2, -0.15) is 4.31 Å². The van der Waals surface area contributed by atoms with Gasteiger partial charge in [0.15, 0.2) is 5.75 Å². The molecule has 0 saturated carbocycles. The van der Waals surface area contributed by atoms with Gasteiger partial charge < -0.3 is 9.64 Å². The third-order valence-electron chi connectivity index (χ3n) is 3.41. The first-order valence-electron chi connectivity index (χ1n) is 6.21. The molecule has 0 atom stereocenters. The Labute approximate surface area is 129 Å². The molecule has 0 bridgehead atoms. The van der Waals surface area contributed by atoms with Crippen LogP contribution >= 0.6 is 23.2 Å². The van der Waals surface area contributed by atoms with E-state index in [1.807, 2.05) is 7.05 Å². The number of quaternary nitrogens is 1. The van der Waals surface area contributed by atoms with Crippen LogP contribution in [0.15, 0.2) is 17.0 Å². The molecule has 1 aliphatic heterocycles. The molecule has 20 heavy (non-hydrogen) atoms. The average Bonchev–Trinajstić information content (AvgIpc) is 2.42. The third-order valence-corrected chi connectivity index (χ3v) is 6.12. The molecule has 1 saturated heterocycles. The van der Waals surface area contributed by atoms with E-state index < -0.39 is 10.0 Å². The maximum absolute atomic E-state index is 12.7. The van der Waals surface area contributed by atoms with Gasteiger partial charge in [0.25, 0.3) is 0 Å². The van der Waals surface area contributed by atoms with Crippen LogP contribution in [-0.4, -0.2) is 53.1 Å². The third kappa shape index (κ3) is 2.89. The van der Waals surface area contributed by atoms with E-state index in [4.69, 9.17) is 27.9 Å². The number of likely N-dealkylation sites (N-methyl/N-ethyl adjacent to an activating group) is 1. The molecule has 0 radical (unpaired) electrons. The van der Waals surface area contributed by atoms with Gasteiger partial charge in [-0.05, 0) is 12.1 Å². The number of piperazine rings is 1. The van der Waals surface area contributed by atoms with Gasteiger partial charge in [0.05, 0.1) is 45.4 Å². The van der Waals surface area contributed by atoms with Crippen molar-refractivity contribution in [3.05, 3.63) is 22.2 Å². The van der Waals surface area contributed by atoms with Crippen molar-refractivity contribution in [3.63, 3.8) is 0 Å². The summed E-state index contributed by atoms with van der Waals surface area (Å²) in [5, 5.41) is 0.389. The van der Waals surface area contributed by atoms with Crippen LogP contribution in [0, 0.1) is 0 Å². The molecule has 112 valence electrons. The van der Waals surface area contributed by atoms with Crippen molar-refractivity contribution in [2.75, 3.05) is 40.3 Å². The predicted octanol–water partition coefficient (Wildman–Crippen LogP) is 0.521. The fourth-order valence-corrected chi connectivity index (χ4v) is 4.20. The molecule has 1 fully saturated rings. The number of hydrogen-bond donors (Lipinski definition) is 1. The molecule has 8 heteroatoms. The summed E-state index contributed by atoms with van der Waals surface area (Å²) in [5.74, 6) is 0.102. The Morgan fingerprint density at radius 3 is 2.40 bits per heavy atom. The van der Waals surface area contributed by atoms with Crippen LogP contribution in [0.1, 0.15) is 0 Å². The highest BCUT2D eigenvalue weighted by Crippen LogP contribution is 2.38. The number of nitrogens with one attached hydrogen (secondary N) is 1. The lowest BCUT2D eigenvalue weighted by Gasteiger charge is -2.29. The number of hydrogen-bond acceptors (Lipinski definition) is 3. The molecule has 1 heterocycles. The summed E-state index contributed by atoms with van der Waals surface area (Å²) in [6.07, 6.45) is 0. The summed E-state index contributed by atoms with van der Waals surface area (Å²) in [6.45, 7) is 2.53. The molecule has 0 unspecified atom stereocenters. The molecule has 0 amide bonds. The van der Waals surface area contributed by atoms with Gasteiger partial charge in [0, 0.05) is 0 Å².